The van der Waals surface area contributed by atoms with E-state index in [0.29, 0.717) is 12.5 Å². The Morgan fingerprint density at radius 2 is 1.95 bits per heavy atom. The minimum Gasteiger partial charge on any atom is -0.368 e. The number of nitrogens with zero attached hydrogens (tertiary/aromatic N) is 2. The molecule has 0 aliphatic heterocycles. The van der Waals surface area contributed by atoms with Crippen molar-refractivity contribution in [3.05, 3.63) is 42.0 Å². The fourth-order valence-electron chi connectivity index (χ4n) is 1.79. The number of benzene rings is 1. The van der Waals surface area contributed by atoms with Crippen molar-refractivity contribution in [1.29, 1.82) is 0 Å². The normalized spacial score (nSPS) is 12.2. The van der Waals surface area contributed by atoms with E-state index in [1.54, 1.807) is 0 Å². The minimum absolute atomic E-state index is 0.429. The molecule has 4 heteroatoms. The lowest BCUT2D eigenvalue weighted by atomic mass is 10.1. The van der Waals surface area contributed by atoms with E-state index in [-0.39, 0.29) is 0 Å². The molecule has 0 radical (unpaired) electrons. The van der Waals surface area contributed by atoms with E-state index in [9.17, 15) is 0 Å². The Morgan fingerprint density at radius 1 is 1.16 bits per heavy atom. The fraction of sp³-hybridized carbons (Fsp3) is 0.333. The highest BCUT2D eigenvalue weighted by Crippen LogP contribution is 2.20. The van der Waals surface area contributed by atoms with Gasteiger partial charge < -0.3 is 11.1 Å². The van der Waals surface area contributed by atoms with Gasteiger partial charge in [0.1, 0.15) is 5.82 Å². The van der Waals surface area contributed by atoms with Gasteiger partial charge in [-0.15, -0.1) is 10.2 Å². The molecule has 1 atom stereocenters. The molecule has 0 aliphatic rings. The quantitative estimate of drug-likeness (QED) is 0.862. The van der Waals surface area contributed by atoms with Crippen molar-refractivity contribution in [3.8, 4) is 11.3 Å². The fourth-order valence-corrected chi connectivity index (χ4v) is 1.79. The van der Waals surface area contributed by atoms with Crippen LogP contribution >= 0.6 is 0 Å². The van der Waals surface area contributed by atoms with Crippen molar-refractivity contribution in [1.82, 2.24) is 10.2 Å². The maximum absolute atomic E-state index is 5.58. The minimum atomic E-state index is 0.429. The number of hydrogen-bond acceptors (Lipinski definition) is 4. The molecule has 1 unspecified atom stereocenters. The number of nitrogens with one attached hydrogen (secondary N) is 1. The summed E-state index contributed by atoms with van der Waals surface area (Å²) in [5.41, 5.74) is 8.80. The highest BCUT2D eigenvalue weighted by molar-refractivity contribution is 5.63. The first-order chi connectivity index (χ1) is 9.20. The predicted octanol–water partition coefficient (Wildman–Crippen LogP) is 2.46. The molecule has 100 valence electrons. The topological polar surface area (TPSA) is 63.8 Å². The van der Waals surface area contributed by atoms with E-state index in [0.717, 1.165) is 23.6 Å². The Bertz CT molecular complexity index is 522. The molecule has 0 aliphatic carbocycles. The van der Waals surface area contributed by atoms with Gasteiger partial charge in [-0.05, 0) is 37.1 Å². The molecular formula is C15H20N4. The van der Waals surface area contributed by atoms with Gasteiger partial charge in [0.15, 0.2) is 0 Å². The Morgan fingerprint density at radius 3 is 2.58 bits per heavy atom. The molecule has 2 rings (SSSR count). The van der Waals surface area contributed by atoms with E-state index in [1.807, 2.05) is 24.3 Å². The molecule has 2 aromatic rings. The van der Waals surface area contributed by atoms with Crippen LogP contribution in [0.2, 0.25) is 0 Å². The summed E-state index contributed by atoms with van der Waals surface area (Å²) in [5, 5.41) is 11.7. The van der Waals surface area contributed by atoms with E-state index in [2.05, 4.69) is 41.5 Å². The third-order valence-electron chi connectivity index (χ3n) is 3.12. The van der Waals surface area contributed by atoms with Gasteiger partial charge >= 0.3 is 0 Å². The number of aromatic nitrogens is 2. The van der Waals surface area contributed by atoms with E-state index >= 15 is 0 Å². The third-order valence-corrected chi connectivity index (χ3v) is 3.12. The molecule has 3 N–H and O–H groups in total. The lowest BCUT2D eigenvalue weighted by molar-refractivity contribution is 0.626. The SMILES string of the molecule is Cc1ccccc1-c1ccc(NCC(C)CN)nn1. The van der Waals surface area contributed by atoms with Gasteiger partial charge in [0.2, 0.25) is 0 Å². The van der Waals surface area contributed by atoms with E-state index in [4.69, 9.17) is 5.73 Å². The first kappa shape index (κ1) is 13.5. The summed E-state index contributed by atoms with van der Waals surface area (Å²) in [6.07, 6.45) is 0. The molecule has 0 bridgehead atoms. The first-order valence-corrected chi connectivity index (χ1v) is 6.54. The summed E-state index contributed by atoms with van der Waals surface area (Å²) < 4.78 is 0. The summed E-state index contributed by atoms with van der Waals surface area (Å²) in [6.45, 7) is 5.66. The number of nitrogens with two attached hydrogens (primary N) is 1. The van der Waals surface area contributed by atoms with Crippen LogP contribution in [0.25, 0.3) is 11.3 Å². The van der Waals surface area contributed by atoms with Crippen LogP contribution in [0.5, 0.6) is 0 Å². The first-order valence-electron chi connectivity index (χ1n) is 6.54. The van der Waals surface area contributed by atoms with Gasteiger partial charge in [-0.1, -0.05) is 31.2 Å². The maximum atomic E-state index is 5.58. The Hall–Kier alpha value is -1.94. The molecule has 0 saturated heterocycles. The average molecular weight is 256 g/mol. The Kier molecular flexibility index (Phi) is 4.47. The van der Waals surface area contributed by atoms with Gasteiger partial charge in [-0.3, -0.25) is 0 Å². The number of aryl methyl sites for hydroxylation is 1. The van der Waals surface area contributed by atoms with Crippen LogP contribution in [-0.4, -0.2) is 23.3 Å². The number of rotatable bonds is 5. The molecule has 19 heavy (non-hydrogen) atoms. The second kappa shape index (κ2) is 6.29. The zero-order valence-corrected chi connectivity index (χ0v) is 11.4. The monoisotopic (exact) mass is 256 g/mol. The number of hydrogen-bond donors (Lipinski definition) is 2. The third kappa shape index (κ3) is 3.51. The van der Waals surface area contributed by atoms with Crippen LogP contribution in [0.3, 0.4) is 0 Å². The van der Waals surface area contributed by atoms with Crippen molar-refractivity contribution in [2.24, 2.45) is 11.7 Å². The van der Waals surface area contributed by atoms with Crippen molar-refractivity contribution >= 4 is 5.82 Å². The van der Waals surface area contributed by atoms with Crippen LogP contribution in [0.4, 0.5) is 5.82 Å². The van der Waals surface area contributed by atoms with E-state index < -0.39 is 0 Å². The standard InChI is InChI=1S/C15H20N4/c1-11(9-16)10-17-15-8-7-14(18-19-15)13-6-4-3-5-12(13)2/h3-8,11H,9-10,16H2,1-2H3,(H,17,19). The molecule has 0 fully saturated rings. The lowest BCUT2D eigenvalue weighted by Gasteiger charge is -2.10. The smallest absolute Gasteiger partial charge is 0.148 e. The molecule has 0 saturated carbocycles. The summed E-state index contributed by atoms with van der Waals surface area (Å²) in [4.78, 5) is 0. The molecule has 1 aromatic carbocycles. The zero-order valence-electron chi connectivity index (χ0n) is 11.4. The van der Waals surface area contributed by atoms with Crippen LogP contribution in [0, 0.1) is 12.8 Å². The molecule has 0 amide bonds. The molecular weight excluding hydrogens is 236 g/mol. The molecule has 1 heterocycles. The largest absolute Gasteiger partial charge is 0.368 e. The van der Waals surface area contributed by atoms with Gasteiger partial charge in [-0.25, -0.2) is 0 Å². The van der Waals surface area contributed by atoms with Crippen LogP contribution in [-0.2, 0) is 0 Å². The number of anilines is 1. The highest BCUT2D eigenvalue weighted by Gasteiger charge is 2.04. The molecule has 4 nitrogen and oxygen atoms in total. The van der Waals surface area contributed by atoms with Crippen molar-refractivity contribution in [2.45, 2.75) is 13.8 Å². The summed E-state index contributed by atoms with van der Waals surface area (Å²) in [5.74, 6) is 1.22. The van der Waals surface area contributed by atoms with E-state index in [1.165, 1.54) is 5.56 Å². The lowest BCUT2D eigenvalue weighted by Crippen LogP contribution is -2.20. The Labute approximate surface area is 114 Å². The van der Waals surface area contributed by atoms with Crippen molar-refractivity contribution in [2.75, 3.05) is 18.4 Å². The summed E-state index contributed by atoms with van der Waals surface area (Å²) in [7, 11) is 0. The predicted molar refractivity (Wildman–Crippen MR) is 78.9 cm³/mol. The van der Waals surface area contributed by atoms with Crippen LogP contribution in [0.15, 0.2) is 36.4 Å². The second-order valence-corrected chi connectivity index (χ2v) is 4.84. The van der Waals surface area contributed by atoms with Gasteiger partial charge in [0.25, 0.3) is 0 Å². The van der Waals surface area contributed by atoms with Crippen molar-refractivity contribution < 1.29 is 0 Å². The second-order valence-electron chi connectivity index (χ2n) is 4.84. The highest BCUT2D eigenvalue weighted by atomic mass is 15.2. The average Bonchev–Trinajstić information content (AvgIpc) is 2.46. The van der Waals surface area contributed by atoms with Crippen LogP contribution < -0.4 is 11.1 Å². The maximum Gasteiger partial charge on any atom is 0.148 e. The van der Waals surface area contributed by atoms with Gasteiger partial charge in [0.05, 0.1) is 5.69 Å². The van der Waals surface area contributed by atoms with Crippen LogP contribution in [0.1, 0.15) is 12.5 Å². The molecule has 1 aromatic heterocycles. The molecule has 0 spiro atoms. The van der Waals surface area contributed by atoms with Crippen molar-refractivity contribution in [3.63, 3.8) is 0 Å². The summed E-state index contributed by atoms with van der Waals surface area (Å²) in [6, 6.07) is 12.1. The Balaban J connectivity index is 2.09. The van der Waals surface area contributed by atoms with Gasteiger partial charge in [0, 0.05) is 12.1 Å². The summed E-state index contributed by atoms with van der Waals surface area (Å²) >= 11 is 0. The zero-order chi connectivity index (χ0) is 13.7. The van der Waals surface area contributed by atoms with Gasteiger partial charge in [-0.2, -0.15) is 0 Å².